The Morgan fingerprint density at radius 1 is 1.21 bits per heavy atom. The summed E-state index contributed by atoms with van der Waals surface area (Å²) in [6.07, 6.45) is 0.112. The summed E-state index contributed by atoms with van der Waals surface area (Å²) in [4.78, 5) is 23.1. The molecule has 7 heteroatoms. The zero-order chi connectivity index (χ0) is 17.3. The molecule has 124 valence electrons. The normalized spacial score (nSPS) is 16.1. The Bertz CT molecular complexity index is 819. The van der Waals surface area contributed by atoms with Crippen molar-refractivity contribution in [1.29, 1.82) is 0 Å². The van der Waals surface area contributed by atoms with E-state index in [4.69, 9.17) is 9.47 Å². The summed E-state index contributed by atoms with van der Waals surface area (Å²) < 4.78 is 10.7. The standard InChI is InChI=1S/C17H16N2O5/c1-23-10-7-13-17(15(8-10)24-2)12(9-16(20)18-13)11-5-3-4-6-14(11)19(21)22/h3-8,12H,9H2,1-2H3,(H,18,20)/t12-/m0/s1. The van der Waals surface area contributed by atoms with Crippen molar-refractivity contribution in [2.75, 3.05) is 19.5 Å². The lowest BCUT2D eigenvalue weighted by atomic mass is 9.83. The van der Waals surface area contributed by atoms with Gasteiger partial charge in [-0.05, 0) is 0 Å². The Morgan fingerprint density at radius 3 is 2.62 bits per heavy atom. The summed E-state index contributed by atoms with van der Waals surface area (Å²) in [5.74, 6) is 0.388. The van der Waals surface area contributed by atoms with Gasteiger partial charge in [-0.1, -0.05) is 18.2 Å². The van der Waals surface area contributed by atoms with Crippen molar-refractivity contribution in [2.24, 2.45) is 0 Å². The second-order valence-corrected chi connectivity index (χ2v) is 5.41. The molecule has 0 unspecified atom stereocenters. The van der Waals surface area contributed by atoms with Gasteiger partial charge in [-0.3, -0.25) is 14.9 Å². The molecule has 0 aromatic heterocycles. The van der Waals surface area contributed by atoms with Crippen LogP contribution in [0.5, 0.6) is 11.5 Å². The second kappa shape index (κ2) is 6.19. The first-order chi connectivity index (χ1) is 11.5. The molecule has 1 aliphatic rings. The van der Waals surface area contributed by atoms with Crippen LogP contribution in [-0.2, 0) is 4.79 Å². The van der Waals surface area contributed by atoms with E-state index in [1.54, 1.807) is 30.3 Å². The number of rotatable bonds is 4. The van der Waals surface area contributed by atoms with Gasteiger partial charge in [0.15, 0.2) is 0 Å². The smallest absolute Gasteiger partial charge is 0.273 e. The minimum absolute atomic E-state index is 0.0129. The molecule has 0 fully saturated rings. The van der Waals surface area contributed by atoms with Crippen LogP contribution < -0.4 is 14.8 Å². The van der Waals surface area contributed by atoms with Crippen LogP contribution in [0.3, 0.4) is 0 Å². The molecular formula is C17H16N2O5. The lowest BCUT2D eigenvalue weighted by Crippen LogP contribution is -2.24. The van der Waals surface area contributed by atoms with Crippen molar-refractivity contribution >= 4 is 17.3 Å². The number of anilines is 1. The number of nitrogens with one attached hydrogen (secondary N) is 1. The first-order valence-electron chi connectivity index (χ1n) is 7.34. The van der Waals surface area contributed by atoms with E-state index in [0.717, 1.165) is 0 Å². The molecule has 0 aliphatic carbocycles. The van der Waals surface area contributed by atoms with Gasteiger partial charge in [0, 0.05) is 41.7 Å². The number of para-hydroxylation sites is 1. The number of hydrogen-bond donors (Lipinski definition) is 1. The fourth-order valence-electron chi connectivity index (χ4n) is 3.05. The first-order valence-corrected chi connectivity index (χ1v) is 7.34. The van der Waals surface area contributed by atoms with Crippen molar-refractivity contribution in [3.63, 3.8) is 0 Å². The van der Waals surface area contributed by atoms with Crippen molar-refractivity contribution in [2.45, 2.75) is 12.3 Å². The number of fused-ring (bicyclic) bond motifs is 1. The Balaban J connectivity index is 2.23. The molecule has 7 nitrogen and oxygen atoms in total. The molecule has 0 spiro atoms. The van der Waals surface area contributed by atoms with Gasteiger partial charge in [-0.25, -0.2) is 0 Å². The van der Waals surface area contributed by atoms with Crippen LogP contribution in [0.2, 0.25) is 0 Å². The maximum Gasteiger partial charge on any atom is 0.273 e. The molecule has 1 amide bonds. The van der Waals surface area contributed by atoms with E-state index in [2.05, 4.69) is 5.32 Å². The number of nitro groups is 1. The van der Waals surface area contributed by atoms with Crippen molar-refractivity contribution in [3.8, 4) is 11.5 Å². The quantitative estimate of drug-likeness (QED) is 0.688. The number of carbonyl (C=O) groups is 1. The van der Waals surface area contributed by atoms with E-state index in [0.29, 0.717) is 28.3 Å². The molecule has 1 heterocycles. The summed E-state index contributed by atoms with van der Waals surface area (Å²) in [5, 5.41) is 14.2. The predicted molar refractivity (Wildman–Crippen MR) is 87.7 cm³/mol. The van der Waals surface area contributed by atoms with Gasteiger partial charge in [0.1, 0.15) is 11.5 Å². The Kier molecular flexibility index (Phi) is 4.07. The average molecular weight is 328 g/mol. The van der Waals surface area contributed by atoms with E-state index in [1.165, 1.54) is 20.3 Å². The lowest BCUT2D eigenvalue weighted by Gasteiger charge is -2.28. The van der Waals surface area contributed by atoms with E-state index >= 15 is 0 Å². The minimum Gasteiger partial charge on any atom is -0.497 e. The zero-order valence-electron chi connectivity index (χ0n) is 13.2. The third-order valence-corrected chi connectivity index (χ3v) is 4.09. The van der Waals surface area contributed by atoms with Crippen LogP contribution in [0.25, 0.3) is 0 Å². The number of nitrogens with zero attached hydrogens (tertiary/aromatic N) is 1. The van der Waals surface area contributed by atoms with Crippen LogP contribution >= 0.6 is 0 Å². The van der Waals surface area contributed by atoms with E-state index < -0.39 is 10.8 Å². The number of ether oxygens (including phenoxy) is 2. The molecule has 1 atom stereocenters. The Hall–Kier alpha value is -3.09. The highest BCUT2D eigenvalue weighted by Crippen LogP contribution is 2.46. The number of carbonyl (C=O) groups excluding carboxylic acids is 1. The van der Waals surface area contributed by atoms with Crippen molar-refractivity contribution in [3.05, 3.63) is 57.6 Å². The highest BCUT2D eigenvalue weighted by Gasteiger charge is 2.34. The van der Waals surface area contributed by atoms with Gasteiger partial charge in [-0.2, -0.15) is 0 Å². The number of nitro benzene ring substituents is 1. The van der Waals surface area contributed by atoms with Gasteiger partial charge in [0.2, 0.25) is 5.91 Å². The van der Waals surface area contributed by atoms with Crippen molar-refractivity contribution < 1.29 is 19.2 Å². The SMILES string of the molecule is COc1cc2c(c(OC)c1)[C@H](c1ccccc1[N+](=O)[O-])CC(=O)N2. The molecule has 0 bridgehead atoms. The van der Waals surface area contributed by atoms with Crippen LogP contribution in [0.15, 0.2) is 36.4 Å². The summed E-state index contributed by atoms with van der Waals surface area (Å²) in [6, 6.07) is 9.85. The third kappa shape index (κ3) is 2.64. The Morgan fingerprint density at radius 2 is 1.96 bits per heavy atom. The number of hydrogen-bond acceptors (Lipinski definition) is 5. The largest absolute Gasteiger partial charge is 0.497 e. The summed E-state index contributed by atoms with van der Waals surface area (Å²) in [6.45, 7) is 0. The summed E-state index contributed by atoms with van der Waals surface area (Å²) >= 11 is 0. The van der Waals surface area contributed by atoms with Gasteiger partial charge in [0.25, 0.3) is 5.69 Å². The molecule has 2 aromatic rings. The topological polar surface area (TPSA) is 90.7 Å². The van der Waals surface area contributed by atoms with Gasteiger partial charge >= 0.3 is 0 Å². The molecule has 24 heavy (non-hydrogen) atoms. The highest BCUT2D eigenvalue weighted by atomic mass is 16.6. The lowest BCUT2D eigenvalue weighted by molar-refractivity contribution is -0.385. The van der Waals surface area contributed by atoms with Crippen LogP contribution in [0.1, 0.15) is 23.5 Å². The Labute approximate surface area is 138 Å². The van der Waals surface area contributed by atoms with Crippen LogP contribution in [0, 0.1) is 10.1 Å². The minimum atomic E-state index is -0.462. The van der Waals surface area contributed by atoms with Gasteiger partial charge in [-0.15, -0.1) is 0 Å². The highest BCUT2D eigenvalue weighted by molar-refractivity contribution is 5.96. The number of methoxy groups -OCH3 is 2. The van der Waals surface area contributed by atoms with Gasteiger partial charge < -0.3 is 14.8 Å². The van der Waals surface area contributed by atoms with Crippen LogP contribution in [0.4, 0.5) is 11.4 Å². The molecule has 2 aromatic carbocycles. The second-order valence-electron chi connectivity index (χ2n) is 5.41. The predicted octanol–water partition coefficient (Wildman–Crippen LogP) is 3.09. The van der Waals surface area contributed by atoms with Gasteiger partial charge in [0.05, 0.1) is 24.8 Å². The molecule has 0 radical (unpaired) electrons. The molecular weight excluding hydrogens is 312 g/mol. The van der Waals surface area contributed by atoms with Crippen molar-refractivity contribution in [1.82, 2.24) is 0 Å². The average Bonchev–Trinajstić information content (AvgIpc) is 2.59. The molecule has 1 N–H and O–H groups in total. The fraction of sp³-hybridized carbons (Fsp3) is 0.235. The third-order valence-electron chi connectivity index (χ3n) is 4.09. The summed E-state index contributed by atoms with van der Waals surface area (Å²) in [5.41, 5.74) is 1.74. The van der Waals surface area contributed by atoms with E-state index in [1.807, 2.05) is 0 Å². The number of amides is 1. The molecule has 3 rings (SSSR count). The number of benzene rings is 2. The molecule has 1 aliphatic heterocycles. The summed E-state index contributed by atoms with van der Waals surface area (Å²) in [7, 11) is 3.04. The maximum atomic E-state index is 12.1. The molecule has 0 saturated heterocycles. The monoisotopic (exact) mass is 328 g/mol. The zero-order valence-corrected chi connectivity index (χ0v) is 13.2. The molecule has 0 saturated carbocycles. The van der Waals surface area contributed by atoms with E-state index in [9.17, 15) is 14.9 Å². The maximum absolute atomic E-state index is 12.1. The van der Waals surface area contributed by atoms with Crippen LogP contribution in [-0.4, -0.2) is 25.1 Å². The first kappa shape index (κ1) is 15.8. The van der Waals surface area contributed by atoms with E-state index in [-0.39, 0.29) is 18.0 Å². The fourth-order valence-corrected chi connectivity index (χ4v) is 3.05.